The summed E-state index contributed by atoms with van der Waals surface area (Å²) in [5.74, 6) is -0.496. The number of aromatic amines is 1. The number of aliphatic hydroxyl groups is 1. The topological polar surface area (TPSA) is 65.1 Å². The number of H-pyrrole nitrogens is 1. The smallest absolute Gasteiger partial charge is 0.252 e. The average molecular weight is 491 g/mol. The van der Waals surface area contributed by atoms with Crippen LogP contribution >= 0.6 is 23.4 Å². The first-order valence-corrected chi connectivity index (χ1v) is 13.0. The minimum absolute atomic E-state index is 0.00242. The third kappa shape index (κ3) is 4.53. The summed E-state index contributed by atoms with van der Waals surface area (Å²) in [6.07, 6.45) is 3.06. The van der Waals surface area contributed by atoms with Gasteiger partial charge < -0.3 is 15.4 Å². The highest BCUT2D eigenvalue weighted by Crippen LogP contribution is 2.44. The second-order valence-corrected chi connectivity index (χ2v) is 10.3. The van der Waals surface area contributed by atoms with Gasteiger partial charge in [0, 0.05) is 33.0 Å². The molecule has 6 heteroatoms. The van der Waals surface area contributed by atoms with Crippen LogP contribution in [0.15, 0.2) is 88.6 Å². The van der Waals surface area contributed by atoms with Crippen LogP contribution in [0.4, 0.5) is 0 Å². The lowest BCUT2D eigenvalue weighted by atomic mass is 9.70. The lowest BCUT2D eigenvalue weighted by molar-refractivity contribution is -0.0193. The van der Waals surface area contributed by atoms with Gasteiger partial charge in [0.05, 0.1) is 5.60 Å². The van der Waals surface area contributed by atoms with E-state index >= 15 is 0 Å². The van der Waals surface area contributed by atoms with Crippen molar-refractivity contribution in [3.8, 4) is 0 Å². The maximum absolute atomic E-state index is 13.4. The molecule has 0 radical (unpaired) electrons. The van der Waals surface area contributed by atoms with Crippen LogP contribution in [0.5, 0.6) is 0 Å². The van der Waals surface area contributed by atoms with Crippen molar-refractivity contribution in [1.82, 2.24) is 10.3 Å². The molecule has 34 heavy (non-hydrogen) atoms. The number of aromatic nitrogens is 1. The molecule has 0 bridgehead atoms. The van der Waals surface area contributed by atoms with Crippen molar-refractivity contribution in [3.63, 3.8) is 0 Å². The molecular weight excluding hydrogens is 464 g/mol. The predicted octanol–water partition coefficient (Wildman–Crippen LogP) is 5.89. The molecule has 3 atom stereocenters. The van der Waals surface area contributed by atoms with E-state index < -0.39 is 11.5 Å². The van der Waals surface area contributed by atoms with Gasteiger partial charge in [0.25, 0.3) is 5.56 Å². The first-order chi connectivity index (χ1) is 16.5. The summed E-state index contributed by atoms with van der Waals surface area (Å²) in [5.41, 5.74) is 2.09. The van der Waals surface area contributed by atoms with Gasteiger partial charge >= 0.3 is 0 Å². The Kier molecular flexibility index (Phi) is 6.54. The van der Waals surface area contributed by atoms with E-state index in [9.17, 15) is 9.90 Å². The summed E-state index contributed by atoms with van der Waals surface area (Å²) in [5, 5.41) is 17.3. The molecule has 1 fully saturated rings. The van der Waals surface area contributed by atoms with Crippen LogP contribution < -0.4 is 10.9 Å². The lowest BCUT2D eigenvalue weighted by Crippen LogP contribution is -2.49. The molecule has 4 nitrogen and oxygen atoms in total. The average Bonchev–Trinajstić information content (AvgIpc) is 2.86. The molecule has 0 amide bonds. The van der Waals surface area contributed by atoms with Crippen LogP contribution in [-0.2, 0) is 0 Å². The first-order valence-electron chi connectivity index (χ1n) is 11.4. The maximum atomic E-state index is 13.4. The number of rotatable bonds is 5. The van der Waals surface area contributed by atoms with Gasteiger partial charge in [0.2, 0.25) is 0 Å². The summed E-state index contributed by atoms with van der Waals surface area (Å²) >= 11 is 7.85. The predicted molar refractivity (Wildman–Crippen MR) is 141 cm³/mol. The van der Waals surface area contributed by atoms with E-state index in [1.807, 2.05) is 66.9 Å². The van der Waals surface area contributed by atoms with Crippen LogP contribution in [0, 0.1) is 0 Å². The normalized spacial score (nSPS) is 21.4. The Labute approximate surface area is 208 Å². The van der Waals surface area contributed by atoms with Gasteiger partial charge in [-0.2, -0.15) is 0 Å². The second kappa shape index (κ2) is 9.59. The maximum Gasteiger partial charge on any atom is 0.252 e. The summed E-state index contributed by atoms with van der Waals surface area (Å²) < 4.78 is 0. The van der Waals surface area contributed by atoms with Crippen molar-refractivity contribution < 1.29 is 5.11 Å². The standard InChI is InChI=1S/C28H27ClN2O2S/c1-34-22-11-12-24-20(15-22)16-23(27(32)31-24)26(19-7-9-21(29)10-8-19)28(33)13-14-30-25(17-28)18-5-3-2-4-6-18/h2-12,15-16,25-26,30,33H,13-14,17H2,1H3,(H,31,32). The Hall–Kier alpha value is -2.57. The Morgan fingerprint density at radius 3 is 2.56 bits per heavy atom. The van der Waals surface area contributed by atoms with Crippen LogP contribution in [0.25, 0.3) is 10.9 Å². The van der Waals surface area contributed by atoms with Crippen molar-refractivity contribution in [2.24, 2.45) is 0 Å². The summed E-state index contributed by atoms with van der Waals surface area (Å²) in [4.78, 5) is 17.6. The lowest BCUT2D eigenvalue weighted by Gasteiger charge is -2.43. The van der Waals surface area contributed by atoms with Crippen molar-refractivity contribution >= 4 is 34.3 Å². The molecule has 3 unspecified atom stereocenters. The highest BCUT2D eigenvalue weighted by molar-refractivity contribution is 7.98. The number of benzene rings is 3. The van der Waals surface area contributed by atoms with E-state index in [2.05, 4.69) is 28.5 Å². The number of hydrogen-bond donors (Lipinski definition) is 3. The van der Waals surface area contributed by atoms with Crippen molar-refractivity contribution in [2.45, 2.75) is 35.3 Å². The Bertz CT molecular complexity index is 1360. The SMILES string of the molecule is CSc1ccc2[nH]c(=O)c(C(c3ccc(Cl)cc3)C3(O)CCNC(c4ccccc4)C3)cc2c1. The zero-order chi connectivity index (χ0) is 23.7. The quantitative estimate of drug-likeness (QED) is 0.305. The number of pyridine rings is 1. The van der Waals surface area contributed by atoms with Crippen molar-refractivity contribution in [3.05, 3.63) is 111 Å². The Balaban J connectivity index is 1.65. The highest BCUT2D eigenvalue weighted by atomic mass is 35.5. The van der Waals surface area contributed by atoms with E-state index in [0.29, 0.717) is 30.0 Å². The monoisotopic (exact) mass is 490 g/mol. The number of fused-ring (bicyclic) bond motifs is 1. The van der Waals surface area contributed by atoms with Crippen molar-refractivity contribution in [2.75, 3.05) is 12.8 Å². The summed E-state index contributed by atoms with van der Waals surface area (Å²) in [6.45, 7) is 0.655. The van der Waals surface area contributed by atoms with Gasteiger partial charge in [-0.1, -0.05) is 54.1 Å². The molecule has 174 valence electrons. The minimum atomic E-state index is -1.11. The van der Waals surface area contributed by atoms with E-state index in [4.69, 9.17) is 11.6 Å². The summed E-state index contributed by atoms with van der Waals surface area (Å²) in [6, 6.07) is 25.6. The number of halogens is 1. The zero-order valence-corrected chi connectivity index (χ0v) is 20.5. The fourth-order valence-corrected chi connectivity index (χ4v) is 5.73. The van der Waals surface area contributed by atoms with Crippen molar-refractivity contribution in [1.29, 1.82) is 0 Å². The van der Waals surface area contributed by atoms with Crippen LogP contribution in [0.3, 0.4) is 0 Å². The van der Waals surface area contributed by atoms with Gasteiger partial charge in [-0.05, 0) is 78.6 Å². The number of piperidine rings is 1. The first kappa shape index (κ1) is 23.2. The highest BCUT2D eigenvalue weighted by Gasteiger charge is 2.44. The third-order valence-corrected chi connectivity index (χ3v) is 7.82. The van der Waals surface area contributed by atoms with Crippen LogP contribution in [-0.4, -0.2) is 28.5 Å². The fraction of sp³-hybridized carbons (Fsp3) is 0.250. The molecule has 1 aliphatic rings. The molecular formula is C28H27ClN2O2S. The molecule has 1 saturated heterocycles. The van der Waals surface area contributed by atoms with Gasteiger partial charge in [-0.15, -0.1) is 11.8 Å². The molecule has 2 heterocycles. The molecule has 1 aromatic heterocycles. The Morgan fingerprint density at radius 2 is 1.82 bits per heavy atom. The van der Waals surface area contributed by atoms with E-state index in [-0.39, 0.29) is 11.6 Å². The Morgan fingerprint density at radius 1 is 1.06 bits per heavy atom. The second-order valence-electron chi connectivity index (χ2n) is 8.97. The molecule has 0 saturated carbocycles. The molecule has 5 rings (SSSR count). The molecule has 4 aromatic rings. The van der Waals surface area contributed by atoms with E-state index in [1.165, 1.54) is 0 Å². The number of hydrogen-bond acceptors (Lipinski definition) is 4. The van der Waals surface area contributed by atoms with Crippen LogP contribution in [0.1, 0.15) is 41.5 Å². The third-order valence-electron chi connectivity index (χ3n) is 6.84. The van der Waals surface area contributed by atoms with E-state index in [1.54, 1.807) is 11.8 Å². The minimum Gasteiger partial charge on any atom is -0.389 e. The molecule has 3 N–H and O–H groups in total. The van der Waals surface area contributed by atoms with Gasteiger partial charge in [-0.3, -0.25) is 4.79 Å². The van der Waals surface area contributed by atoms with Gasteiger partial charge in [0.15, 0.2) is 0 Å². The number of thioether (sulfide) groups is 1. The van der Waals surface area contributed by atoms with Gasteiger partial charge in [0.1, 0.15) is 0 Å². The van der Waals surface area contributed by atoms with Crippen LogP contribution in [0.2, 0.25) is 5.02 Å². The van der Waals surface area contributed by atoms with Gasteiger partial charge in [-0.25, -0.2) is 0 Å². The largest absolute Gasteiger partial charge is 0.389 e. The fourth-order valence-electron chi connectivity index (χ4n) is 5.15. The van der Waals surface area contributed by atoms with E-state index in [0.717, 1.165) is 26.9 Å². The number of nitrogens with one attached hydrogen (secondary N) is 2. The molecule has 1 aliphatic heterocycles. The zero-order valence-electron chi connectivity index (χ0n) is 18.9. The summed E-state index contributed by atoms with van der Waals surface area (Å²) in [7, 11) is 0. The molecule has 0 aliphatic carbocycles. The molecule has 0 spiro atoms. The molecule has 3 aromatic carbocycles.